The molecule has 136 valence electrons. The molecule has 0 saturated carbocycles. The van der Waals surface area contributed by atoms with E-state index in [-0.39, 0.29) is 24.2 Å². The minimum Gasteiger partial charge on any atom is -0.489 e. The first-order valence-electron chi connectivity index (χ1n) is 8.41. The highest BCUT2D eigenvalue weighted by molar-refractivity contribution is 5.92. The molecule has 1 N–H and O–H groups in total. The Morgan fingerprint density at radius 3 is 2.60 bits per heavy atom. The lowest BCUT2D eigenvalue weighted by molar-refractivity contribution is -0.142. The standard InChI is InChI=1S/C20H27NO4/c1-6-15(7-2)13-25-18-12-17(21-20(23)14(4)5)10-9-16(18)11-19(22)24-8-3/h6-7,9-10,12,14H,1,8,11,13H2,2-5H3,(H,21,23)/b15-7+. The van der Waals surface area contributed by atoms with Crippen LogP contribution in [0.3, 0.4) is 0 Å². The van der Waals surface area contributed by atoms with Gasteiger partial charge in [0.15, 0.2) is 0 Å². The number of benzene rings is 1. The van der Waals surface area contributed by atoms with Crippen molar-refractivity contribution in [3.8, 4) is 5.75 Å². The van der Waals surface area contributed by atoms with Crippen LogP contribution in [0.1, 0.15) is 33.3 Å². The molecule has 0 spiro atoms. The lowest BCUT2D eigenvalue weighted by atomic mass is 10.1. The van der Waals surface area contributed by atoms with Crippen LogP contribution in [0.4, 0.5) is 5.69 Å². The molecule has 5 nitrogen and oxygen atoms in total. The zero-order valence-corrected chi connectivity index (χ0v) is 15.4. The number of ether oxygens (including phenoxy) is 2. The first-order chi connectivity index (χ1) is 11.9. The second-order valence-corrected chi connectivity index (χ2v) is 5.80. The minimum absolute atomic E-state index is 0.0793. The van der Waals surface area contributed by atoms with Crippen LogP contribution < -0.4 is 10.1 Å². The van der Waals surface area contributed by atoms with Crippen LogP contribution >= 0.6 is 0 Å². The Morgan fingerprint density at radius 2 is 2.04 bits per heavy atom. The van der Waals surface area contributed by atoms with Gasteiger partial charge in [0, 0.05) is 23.2 Å². The maximum atomic E-state index is 11.9. The summed E-state index contributed by atoms with van der Waals surface area (Å²) in [7, 11) is 0. The lowest BCUT2D eigenvalue weighted by Gasteiger charge is -2.15. The second-order valence-electron chi connectivity index (χ2n) is 5.80. The summed E-state index contributed by atoms with van der Waals surface area (Å²) in [6, 6.07) is 5.25. The van der Waals surface area contributed by atoms with Gasteiger partial charge >= 0.3 is 5.97 Å². The number of rotatable bonds is 9. The number of hydrogen-bond acceptors (Lipinski definition) is 4. The number of carbonyl (C=O) groups excluding carboxylic acids is 2. The average molecular weight is 345 g/mol. The molecule has 1 rings (SSSR count). The fourth-order valence-corrected chi connectivity index (χ4v) is 1.99. The summed E-state index contributed by atoms with van der Waals surface area (Å²) in [6.45, 7) is 11.7. The molecule has 0 heterocycles. The molecule has 0 aliphatic rings. The van der Waals surface area contributed by atoms with Crippen LogP contribution in [0.25, 0.3) is 0 Å². The number of amides is 1. The molecule has 0 bridgehead atoms. The molecular formula is C20H27NO4. The zero-order valence-electron chi connectivity index (χ0n) is 15.4. The van der Waals surface area contributed by atoms with Gasteiger partial charge in [0.05, 0.1) is 13.0 Å². The molecule has 1 aromatic rings. The Balaban J connectivity index is 3.03. The van der Waals surface area contributed by atoms with Gasteiger partial charge in [-0.05, 0) is 25.5 Å². The summed E-state index contributed by atoms with van der Waals surface area (Å²) in [5.41, 5.74) is 2.26. The summed E-state index contributed by atoms with van der Waals surface area (Å²) in [4.78, 5) is 23.7. The Labute approximate surface area is 149 Å². The minimum atomic E-state index is -0.318. The predicted molar refractivity (Wildman–Crippen MR) is 99.7 cm³/mol. The molecule has 25 heavy (non-hydrogen) atoms. The van der Waals surface area contributed by atoms with Gasteiger partial charge in [-0.15, -0.1) is 0 Å². The third kappa shape index (κ3) is 6.83. The van der Waals surface area contributed by atoms with E-state index < -0.39 is 0 Å². The Kier molecular flexibility index (Phi) is 8.47. The van der Waals surface area contributed by atoms with E-state index in [1.807, 2.05) is 26.8 Å². The third-order valence-corrected chi connectivity index (χ3v) is 3.53. The van der Waals surface area contributed by atoms with Crippen LogP contribution in [0.15, 0.2) is 42.5 Å². The average Bonchev–Trinajstić information content (AvgIpc) is 2.57. The van der Waals surface area contributed by atoms with Crippen LogP contribution in [0.5, 0.6) is 5.75 Å². The summed E-state index contributed by atoms with van der Waals surface area (Å²) in [5, 5.41) is 2.83. The molecule has 1 aromatic carbocycles. The van der Waals surface area contributed by atoms with Crippen molar-refractivity contribution in [1.29, 1.82) is 0 Å². The summed E-state index contributed by atoms with van der Waals surface area (Å²) in [5.74, 6) is 0.0143. The molecule has 1 amide bonds. The summed E-state index contributed by atoms with van der Waals surface area (Å²) >= 11 is 0. The van der Waals surface area contributed by atoms with Gasteiger partial charge < -0.3 is 14.8 Å². The first-order valence-corrected chi connectivity index (χ1v) is 8.41. The molecule has 5 heteroatoms. The largest absolute Gasteiger partial charge is 0.489 e. The zero-order chi connectivity index (χ0) is 18.8. The second kappa shape index (κ2) is 10.3. The highest BCUT2D eigenvalue weighted by atomic mass is 16.5. The van der Waals surface area contributed by atoms with Crippen molar-refractivity contribution in [3.05, 3.63) is 48.1 Å². The number of nitrogens with one attached hydrogen (secondary N) is 1. The van der Waals surface area contributed by atoms with E-state index in [1.165, 1.54) is 0 Å². The van der Waals surface area contributed by atoms with Crippen LogP contribution in [0, 0.1) is 5.92 Å². The Bertz CT molecular complexity index is 647. The normalized spacial score (nSPS) is 11.2. The smallest absolute Gasteiger partial charge is 0.310 e. The van der Waals surface area contributed by atoms with E-state index in [4.69, 9.17) is 9.47 Å². The predicted octanol–water partition coefficient (Wildman–Crippen LogP) is 3.90. The fraction of sp³-hybridized carbons (Fsp3) is 0.400. The van der Waals surface area contributed by atoms with E-state index in [2.05, 4.69) is 11.9 Å². The molecule has 0 unspecified atom stereocenters. The van der Waals surface area contributed by atoms with Gasteiger partial charge in [-0.25, -0.2) is 0 Å². The van der Waals surface area contributed by atoms with Gasteiger partial charge in [-0.1, -0.05) is 38.6 Å². The van der Waals surface area contributed by atoms with Gasteiger partial charge in [-0.3, -0.25) is 9.59 Å². The third-order valence-electron chi connectivity index (χ3n) is 3.53. The van der Waals surface area contributed by atoms with Gasteiger partial charge in [-0.2, -0.15) is 0 Å². The first kappa shape index (κ1) is 20.5. The van der Waals surface area contributed by atoms with Gasteiger partial charge in [0.1, 0.15) is 12.4 Å². The fourth-order valence-electron chi connectivity index (χ4n) is 1.99. The van der Waals surface area contributed by atoms with Crippen LogP contribution in [0.2, 0.25) is 0 Å². The van der Waals surface area contributed by atoms with Crippen molar-refractivity contribution in [3.63, 3.8) is 0 Å². The van der Waals surface area contributed by atoms with Crippen LogP contribution in [-0.4, -0.2) is 25.1 Å². The maximum Gasteiger partial charge on any atom is 0.310 e. The molecule has 0 aliphatic carbocycles. The molecule has 0 atom stereocenters. The van der Waals surface area contributed by atoms with Crippen molar-refractivity contribution in [1.82, 2.24) is 0 Å². The van der Waals surface area contributed by atoms with E-state index >= 15 is 0 Å². The topological polar surface area (TPSA) is 64.6 Å². The number of allylic oxidation sites excluding steroid dienone is 1. The number of esters is 1. The molecule has 0 aliphatic heterocycles. The lowest BCUT2D eigenvalue weighted by Crippen LogP contribution is -2.18. The monoisotopic (exact) mass is 345 g/mol. The van der Waals surface area contributed by atoms with Gasteiger partial charge in [0.2, 0.25) is 5.91 Å². The van der Waals surface area contributed by atoms with Crippen molar-refractivity contribution < 1.29 is 19.1 Å². The van der Waals surface area contributed by atoms with Crippen molar-refractivity contribution in [2.24, 2.45) is 5.92 Å². The van der Waals surface area contributed by atoms with E-state index in [1.54, 1.807) is 31.2 Å². The number of anilines is 1. The molecule has 0 aromatic heterocycles. The maximum absolute atomic E-state index is 11.9. The van der Waals surface area contributed by atoms with E-state index in [0.29, 0.717) is 30.2 Å². The highest BCUT2D eigenvalue weighted by Gasteiger charge is 2.13. The Hall–Kier alpha value is -2.56. The number of hydrogen-bond donors (Lipinski definition) is 1. The van der Waals surface area contributed by atoms with E-state index in [0.717, 1.165) is 5.57 Å². The highest BCUT2D eigenvalue weighted by Crippen LogP contribution is 2.25. The molecule has 0 saturated heterocycles. The van der Waals surface area contributed by atoms with Crippen LogP contribution in [-0.2, 0) is 20.7 Å². The van der Waals surface area contributed by atoms with Crippen molar-refractivity contribution >= 4 is 17.6 Å². The van der Waals surface area contributed by atoms with Crippen molar-refractivity contribution in [2.75, 3.05) is 18.5 Å². The van der Waals surface area contributed by atoms with Crippen molar-refractivity contribution in [2.45, 2.75) is 34.1 Å². The SMILES string of the molecule is C=C/C(=C\C)COc1cc(NC(=O)C(C)C)ccc1CC(=O)OCC. The van der Waals surface area contributed by atoms with E-state index in [9.17, 15) is 9.59 Å². The summed E-state index contributed by atoms with van der Waals surface area (Å²) in [6.07, 6.45) is 3.73. The van der Waals surface area contributed by atoms with Gasteiger partial charge in [0.25, 0.3) is 0 Å². The quantitative estimate of drug-likeness (QED) is 0.544. The Morgan fingerprint density at radius 1 is 1.32 bits per heavy atom. The number of carbonyl (C=O) groups is 2. The molecule has 0 fully saturated rings. The molecular weight excluding hydrogens is 318 g/mol. The molecule has 0 radical (unpaired) electrons. The summed E-state index contributed by atoms with van der Waals surface area (Å²) < 4.78 is 10.8.